The molecular weight excluding hydrogens is 288 g/mol. The van der Waals surface area contributed by atoms with Crippen molar-refractivity contribution in [3.8, 4) is 0 Å². The lowest BCUT2D eigenvalue weighted by molar-refractivity contribution is 0.602. The fraction of sp³-hybridized carbons (Fsp3) is 0.0769. The van der Waals surface area contributed by atoms with Crippen molar-refractivity contribution < 1.29 is 8.78 Å². The van der Waals surface area contributed by atoms with Gasteiger partial charge in [0.15, 0.2) is 0 Å². The largest absolute Gasteiger partial charge is 0.378 e. The highest BCUT2D eigenvalue weighted by molar-refractivity contribution is 9.10. The summed E-state index contributed by atoms with van der Waals surface area (Å²) in [6.07, 6.45) is 0. The van der Waals surface area contributed by atoms with E-state index in [1.54, 1.807) is 0 Å². The van der Waals surface area contributed by atoms with Gasteiger partial charge in [0.1, 0.15) is 11.6 Å². The molecule has 0 aliphatic carbocycles. The van der Waals surface area contributed by atoms with Crippen molar-refractivity contribution in [2.24, 2.45) is 0 Å². The maximum absolute atomic E-state index is 13.3. The number of nitrogens with one attached hydrogen (secondary N) is 1. The molecule has 0 saturated carbocycles. The highest BCUT2D eigenvalue weighted by atomic mass is 79.9. The van der Waals surface area contributed by atoms with E-state index < -0.39 is 11.6 Å². The van der Waals surface area contributed by atoms with Crippen LogP contribution in [0.5, 0.6) is 0 Å². The van der Waals surface area contributed by atoms with E-state index in [2.05, 4.69) is 21.2 Å². The molecule has 2 aromatic carbocycles. The SMILES string of the molecule is Fc1ccc(F)c(NCc2ccccc2Br)c1. The van der Waals surface area contributed by atoms with Crippen molar-refractivity contribution in [2.45, 2.75) is 6.54 Å². The Kier molecular flexibility index (Phi) is 3.74. The van der Waals surface area contributed by atoms with Crippen LogP contribution in [0, 0.1) is 11.6 Å². The molecule has 0 amide bonds. The predicted octanol–water partition coefficient (Wildman–Crippen LogP) is 4.34. The summed E-state index contributed by atoms with van der Waals surface area (Å²) in [7, 11) is 0. The molecule has 0 radical (unpaired) electrons. The second-order valence-electron chi connectivity index (χ2n) is 3.57. The van der Waals surface area contributed by atoms with Crippen LogP contribution < -0.4 is 5.32 Å². The van der Waals surface area contributed by atoms with Gasteiger partial charge in [0, 0.05) is 11.0 Å². The lowest BCUT2D eigenvalue weighted by Gasteiger charge is -2.09. The molecular formula is C13H10BrF2N. The lowest BCUT2D eigenvalue weighted by atomic mass is 10.2. The average molecular weight is 298 g/mol. The first-order valence-electron chi connectivity index (χ1n) is 5.09. The smallest absolute Gasteiger partial charge is 0.146 e. The van der Waals surface area contributed by atoms with Crippen molar-refractivity contribution in [3.63, 3.8) is 0 Å². The topological polar surface area (TPSA) is 12.0 Å². The van der Waals surface area contributed by atoms with Crippen molar-refractivity contribution in [1.29, 1.82) is 0 Å². The van der Waals surface area contributed by atoms with Gasteiger partial charge in [-0.3, -0.25) is 0 Å². The number of anilines is 1. The van der Waals surface area contributed by atoms with Gasteiger partial charge in [-0.05, 0) is 29.8 Å². The fourth-order valence-electron chi connectivity index (χ4n) is 1.47. The minimum Gasteiger partial charge on any atom is -0.378 e. The first-order valence-corrected chi connectivity index (χ1v) is 5.88. The normalized spacial score (nSPS) is 10.3. The van der Waals surface area contributed by atoms with E-state index in [1.807, 2.05) is 24.3 Å². The number of rotatable bonds is 3. The van der Waals surface area contributed by atoms with E-state index in [1.165, 1.54) is 0 Å². The van der Waals surface area contributed by atoms with Gasteiger partial charge in [0.05, 0.1) is 5.69 Å². The highest BCUT2D eigenvalue weighted by Crippen LogP contribution is 2.20. The monoisotopic (exact) mass is 297 g/mol. The maximum atomic E-state index is 13.3. The number of hydrogen-bond acceptors (Lipinski definition) is 1. The molecule has 1 nitrogen and oxygen atoms in total. The zero-order valence-corrected chi connectivity index (χ0v) is 10.5. The van der Waals surface area contributed by atoms with E-state index in [9.17, 15) is 8.78 Å². The van der Waals surface area contributed by atoms with Crippen LogP contribution in [0.3, 0.4) is 0 Å². The third-order valence-electron chi connectivity index (χ3n) is 2.36. The summed E-state index contributed by atoms with van der Waals surface area (Å²) >= 11 is 3.39. The number of halogens is 3. The Bertz CT molecular complexity index is 529. The average Bonchev–Trinajstić information content (AvgIpc) is 2.32. The van der Waals surface area contributed by atoms with Crippen LogP contribution in [0.15, 0.2) is 46.9 Å². The molecule has 88 valence electrons. The highest BCUT2D eigenvalue weighted by Gasteiger charge is 2.04. The van der Waals surface area contributed by atoms with Crippen LogP contribution in [0.4, 0.5) is 14.5 Å². The number of hydrogen-bond donors (Lipinski definition) is 1. The van der Waals surface area contributed by atoms with Gasteiger partial charge in [-0.1, -0.05) is 34.1 Å². The molecule has 0 heterocycles. The summed E-state index contributed by atoms with van der Waals surface area (Å²) < 4.78 is 27.2. The van der Waals surface area contributed by atoms with Gasteiger partial charge in [-0.25, -0.2) is 8.78 Å². The first-order chi connectivity index (χ1) is 8.16. The molecule has 0 aliphatic rings. The predicted molar refractivity (Wildman–Crippen MR) is 67.8 cm³/mol. The van der Waals surface area contributed by atoms with E-state index in [0.29, 0.717) is 6.54 Å². The van der Waals surface area contributed by atoms with Crippen LogP contribution >= 0.6 is 15.9 Å². The third kappa shape index (κ3) is 3.03. The van der Waals surface area contributed by atoms with Gasteiger partial charge in [0.25, 0.3) is 0 Å². The molecule has 17 heavy (non-hydrogen) atoms. The Hall–Kier alpha value is -1.42. The summed E-state index contributed by atoms with van der Waals surface area (Å²) in [4.78, 5) is 0. The van der Waals surface area contributed by atoms with Gasteiger partial charge >= 0.3 is 0 Å². The Morgan fingerprint density at radius 3 is 2.59 bits per heavy atom. The van der Waals surface area contributed by atoms with E-state index in [-0.39, 0.29) is 5.69 Å². The van der Waals surface area contributed by atoms with Crippen molar-refractivity contribution >= 4 is 21.6 Å². The lowest BCUT2D eigenvalue weighted by Crippen LogP contribution is -2.02. The van der Waals surface area contributed by atoms with Crippen LogP contribution in [0.1, 0.15) is 5.56 Å². The van der Waals surface area contributed by atoms with E-state index >= 15 is 0 Å². The molecule has 0 fully saturated rings. The standard InChI is InChI=1S/C13H10BrF2N/c14-11-4-2-1-3-9(11)8-17-13-7-10(15)5-6-12(13)16/h1-7,17H,8H2. The third-order valence-corrected chi connectivity index (χ3v) is 3.13. The molecule has 2 aromatic rings. The molecule has 0 aliphatic heterocycles. The molecule has 0 aromatic heterocycles. The molecule has 1 N–H and O–H groups in total. The van der Waals surface area contributed by atoms with Crippen LogP contribution in [-0.2, 0) is 6.54 Å². The Morgan fingerprint density at radius 2 is 1.82 bits per heavy atom. The molecule has 0 saturated heterocycles. The Labute approximate surface area is 107 Å². The fourth-order valence-corrected chi connectivity index (χ4v) is 1.89. The second kappa shape index (κ2) is 5.27. The van der Waals surface area contributed by atoms with Crippen LogP contribution in [0.2, 0.25) is 0 Å². The molecule has 0 atom stereocenters. The van der Waals surface area contributed by atoms with Gasteiger partial charge < -0.3 is 5.32 Å². The van der Waals surface area contributed by atoms with Crippen molar-refractivity contribution in [2.75, 3.05) is 5.32 Å². The summed E-state index contributed by atoms with van der Waals surface area (Å²) in [6, 6.07) is 11.0. The maximum Gasteiger partial charge on any atom is 0.146 e. The summed E-state index contributed by atoms with van der Waals surface area (Å²) in [6.45, 7) is 0.432. The second-order valence-corrected chi connectivity index (χ2v) is 4.42. The zero-order chi connectivity index (χ0) is 12.3. The molecule has 2 rings (SSSR count). The van der Waals surface area contributed by atoms with Gasteiger partial charge in [-0.2, -0.15) is 0 Å². The van der Waals surface area contributed by atoms with Crippen LogP contribution in [-0.4, -0.2) is 0 Å². The first kappa shape index (κ1) is 12.0. The molecule has 0 bridgehead atoms. The minimum atomic E-state index is -0.460. The molecule has 0 spiro atoms. The number of benzene rings is 2. The molecule has 4 heteroatoms. The zero-order valence-electron chi connectivity index (χ0n) is 8.88. The van der Waals surface area contributed by atoms with Gasteiger partial charge in [0.2, 0.25) is 0 Å². The Morgan fingerprint density at radius 1 is 1.06 bits per heavy atom. The molecule has 0 unspecified atom stereocenters. The van der Waals surface area contributed by atoms with Crippen LogP contribution in [0.25, 0.3) is 0 Å². The van der Waals surface area contributed by atoms with E-state index in [0.717, 1.165) is 28.2 Å². The summed E-state index contributed by atoms with van der Waals surface area (Å²) in [5, 5.41) is 2.87. The summed E-state index contributed by atoms with van der Waals surface area (Å²) in [5.74, 6) is -0.917. The quantitative estimate of drug-likeness (QED) is 0.889. The van der Waals surface area contributed by atoms with Crippen molar-refractivity contribution in [3.05, 3.63) is 64.1 Å². The van der Waals surface area contributed by atoms with Gasteiger partial charge in [-0.15, -0.1) is 0 Å². The Balaban J connectivity index is 2.12. The van der Waals surface area contributed by atoms with E-state index in [4.69, 9.17) is 0 Å². The summed E-state index contributed by atoms with van der Waals surface area (Å²) in [5.41, 5.74) is 1.15. The minimum absolute atomic E-state index is 0.167. The van der Waals surface area contributed by atoms with Crippen molar-refractivity contribution in [1.82, 2.24) is 0 Å².